The van der Waals surface area contributed by atoms with Gasteiger partial charge >= 0.3 is 0 Å². The maximum atomic E-state index is 2.62. The zero-order valence-corrected chi connectivity index (χ0v) is 25.9. The van der Waals surface area contributed by atoms with Crippen LogP contribution in [0.25, 0.3) is 0 Å². The molecule has 9 rings (SSSR count). The summed E-state index contributed by atoms with van der Waals surface area (Å²) in [6, 6.07) is 53.7. The van der Waals surface area contributed by atoms with E-state index in [2.05, 4.69) is 181 Å². The summed E-state index contributed by atoms with van der Waals surface area (Å²) < 4.78 is 0. The molecule has 0 amide bonds. The molecule has 6 aromatic carbocycles. The van der Waals surface area contributed by atoms with Gasteiger partial charge < -0.3 is 14.7 Å². The monoisotopic (exact) mass is 577 g/mol. The average Bonchev–Trinajstić information content (AvgIpc) is 3.33. The van der Waals surface area contributed by atoms with Gasteiger partial charge in [-0.1, -0.05) is 119 Å². The van der Waals surface area contributed by atoms with Gasteiger partial charge in [-0.25, -0.2) is 0 Å². The molecule has 0 atom stereocenters. The van der Waals surface area contributed by atoms with Crippen molar-refractivity contribution in [2.24, 2.45) is 0 Å². The van der Waals surface area contributed by atoms with Crippen LogP contribution in [0.3, 0.4) is 0 Å². The maximum Gasteiger partial charge on any atom is 0.245 e. The third-order valence-electron chi connectivity index (χ3n) is 10.2. The van der Waals surface area contributed by atoms with E-state index in [1.54, 1.807) is 0 Å². The van der Waals surface area contributed by atoms with E-state index in [0.29, 0.717) is 0 Å². The molecular weight excluding hydrogens is 544 g/mol. The van der Waals surface area contributed by atoms with E-state index in [0.717, 1.165) is 0 Å². The second-order valence-corrected chi connectivity index (χ2v) is 13.0. The van der Waals surface area contributed by atoms with Crippen LogP contribution in [0.2, 0.25) is 0 Å². The number of fused-ring (bicyclic) bond motifs is 4. The summed E-state index contributed by atoms with van der Waals surface area (Å²) in [4.78, 5) is 7.45. The molecule has 3 aliphatic heterocycles. The molecule has 0 N–H and O–H groups in total. The highest BCUT2D eigenvalue weighted by molar-refractivity contribution is 7.12. The third kappa shape index (κ3) is 3.67. The Hall–Kier alpha value is -5.15. The number of rotatable bonds is 4. The number of nitrogens with zero attached hydrogens (tertiary/aromatic N) is 3. The van der Waals surface area contributed by atoms with Crippen LogP contribution >= 0.6 is 0 Å². The topological polar surface area (TPSA) is 9.72 Å². The molecule has 0 saturated carbocycles. The fourth-order valence-corrected chi connectivity index (χ4v) is 8.39. The SMILES string of the molecule is CN(c1ccccc1)c1ccc2c(c1)B1c3cccc4c3N(c3cccc(c31)B2c1ccccc1)C(C)(C)N4c1ccccc1. The molecule has 5 heteroatoms. The molecule has 0 fully saturated rings. The van der Waals surface area contributed by atoms with Crippen LogP contribution in [-0.2, 0) is 0 Å². The highest BCUT2D eigenvalue weighted by Gasteiger charge is 2.53. The molecule has 0 aromatic heterocycles. The minimum atomic E-state index is -0.308. The summed E-state index contributed by atoms with van der Waals surface area (Å²) >= 11 is 0. The van der Waals surface area contributed by atoms with Crippen molar-refractivity contribution in [3.05, 3.63) is 146 Å². The highest BCUT2D eigenvalue weighted by atomic mass is 15.5. The minimum absolute atomic E-state index is 0.132. The molecule has 214 valence electrons. The highest BCUT2D eigenvalue weighted by Crippen LogP contribution is 2.52. The van der Waals surface area contributed by atoms with Gasteiger partial charge in [-0.2, -0.15) is 0 Å². The van der Waals surface area contributed by atoms with Crippen molar-refractivity contribution in [2.75, 3.05) is 21.7 Å². The fraction of sp³-hybridized carbons (Fsp3) is 0.100. The summed E-state index contributed by atoms with van der Waals surface area (Å²) in [7, 11) is 2.18. The summed E-state index contributed by atoms with van der Waals surface area (Å²) in [6.45, 7) is 5.01. The molecule has 0 aliphatic carbocycles. The Kier molecular flexibility index (Phi) is 5.65. The van der Waals surface area contributed by atoms with Gasteiger partial charge in [0.2, 0.25) is 13.4 Å². The lowest BCUT2D eigenvalue weighted by atomic mass is 9.20. The lowest BCUT2D eigenvalue weighted by molar-refractivity contribution is 0.541. The Bertz CT molecular complexity index is 2080. The van der Waals surface area contributed by atoms with Crippen LogP contribution in [0.1, 0.15) is 13.8 Å². The Labute approximate surface area is 266 Å². The van der Waals surface area contributed by atoms with Gasteiger partial charge in [0.05, 0.1) is 11.4 Å². The van der Waals surface area contributed by atoms with E-state index < -0.39 is 0 Å². The van der Waals surface area contributed by atoms with Gasteiger partial charge in [-0.15, -0.1) is 0 Å². The van der Waals surface area contributed by atoms with Crippen LogP contribution in [-0.4, -0.2) is 26.1 Å². The first kappa shape index (κ1) is 26.3. The molecule has 0 saturated heterocycles. The Morgan fingerprint density at radius 3 is 1.89 bits per heavy atom. The van der Waals surface area contributed by atoms with Gasteiger partial charge in [0.25, 0.3) is 0 Å². The molecule has 0 unspecified atom stereocenters. The molecule has 3 heterocycles. The summed E-state index contributed by atoms with van der Waals surface area (Å²) in [5.74, 6) is 0. The quantitative estimate of drug-likeness (QED) is 0.269. The van der Waals surface area contributed by atoms with Crippen molar-refractivity contribution in [1.29, 1.82) is 0 Å². The fourth-order valence-electron chi connectivity index (χ4n) is 8.39. The molecule has 45 heavy (non-hydrogen) atoms. The molecule has 3 nitrogen and oxygen atoms in total. The number of hydrogen-bond acceptors (Lipinski definition) is 3. The van der Waals surface area contributed by atoms with E-state index in [9.17, 15) is 0 Å². The Morgan fingerprint density at radius 2 is 1.16 bits per heavy atom. The lowest BCUT2D eigenvalue weighted by Crippen LogP contribution is -2.77. The van der Waals surface area contributed by atoms with Crippen molar-refractivity contribution in [1.82, 2.24) is 0 Å². The van der Waals surface area contributed by atoms with Crippen molar-refractivity contribution < 1.29 is 0 Å². The van der Waals surface area contributed by atoms with Crippen molar-refractivity contribution in [3.63, 3.8) is 0 Å². The average molecular weight is 577 g/mol. The van der Waals surface area contributed by atoms with Gasteiger partial charge in [0.1, 0.15) is 5.66 Å². The Balaban J connectivity index is 1.33. The number of benzene rings is 6. The van der Waals surface area contributed by atoms with E-state index >= 15 is 0 Å². The van der Waals surface area contributed by atoms with Gasteiger partial charge in [0.15, 0.2) is 0 Å². The summed E-state index contributed by atoms with van der Waals surface area (Å²) in [6.07, 6.45) is 0. The van der Waals surface area contributed by atoms with E-state index in [4.69, 9.17) is 0 Å². The maximum absolute atomic E-state index is 2.62. The van der Waals surface area contributed by atoms with E-state index in [1.807, 2.05) is 0 Å². The largest absolute Gasteiger partial charge is 0.345 e. The van der Waals surface area contributed by atoms with Crippen LogP contribution in [0.15, 0.2) is 146 Å². The number of para-hydroxylation sites is 3. The standard InChI is InChI=1S/C40H33B2N3/c1-40(2)44(30-19-11-6-12-20-30)37-24-14-22-34-39(37)45(40)36-23-13-21-33-38(36)42(34)35-27-31(43(3)29-17-9-5-10-18-29)25-26-32(35)41(33)28-15-7-4-8-16-28/h4-27H,1-3H3. The first-order chi connectivity index (χ1) is 22.0. The molecule has 0 radical (unpaired) electrons. The second kappa shape index (κ2) is 9.67. The molecule has 6 aromatic rings. The Morgan fingerprint density at radius 1 is 0.511 bits per heavy atom. The number of anilines is 6. The molecule has 3 aliphatic rings. The van der Waals surface area contributed by atoms with Crippen LogP contribution in [0, 0.1) is 0 Å². The van der Waals surface area contributed by atoms with Crippen molar-refractivity contribution in [2.45, 2.75) is 19.5 Å². The minimum Gasteiger partial charge on any atom is -0.345 e. The van der Waals surface area contributed by atoms with Crippen molar-refractivity contribution in [3.8, 4) is 0 Å². The first-order valence-corrected chi connectivity index (χ1v) is 15.9. The van der Waals surface area contributed by atoms with Crippen LogP contribution in [0.5, 0.6) is 0 Å². The first-order valence-electron chi connectivity index (χ1n) is 15.9. The second-order valence-electron chi connectivity index (χ2n) is 13.0. The summed E-state index contributed by atoms with van der Waals surface area (Å²) in [5, 5.41) is 0. The normalized spacial score (nSPS) is 15.0. The third-order valence-corrected chi connectivity index (χ3v) is 10.2. The van der Waals surface area contributed by atoms with Gasteiger partial charge in [0, 0.05) is 29.8 Å². The van der Waals surface area contributed by atoms with Crippen molar-refractivity contribution >= 4 is 80.3 Å². The zero-order valence-electron chi connectivity index (χ0n) is 25.9. The molecular formula is C40H33B2N3. The predicted octanol–water partition coefficient (Wildman–Crippen LogP) is 5.14. The van der Waals surface area contributed by atoms with E-state index in [-0.39, 0.29) is 19.1 Å². The zero-order chi connectivity index (χ0) is 30.3. The van der Waals surface area contributed by atoms with Gasteiger partial charge in [-0.3, -0.25) is 0 Å². The lowest BCUT2D eigenvalue weighted by Gasteiger charge is -2.46. The molecule has 0 spiro atoms. The summed E-state index contributed by atoms with van der Waals surface area (Å²) in [5.41, 5.74) is 15.5. The molecule has 0 bridgehead atoms. The van der Waals surface area contributed by atoms with Crippen LogP contribution < -0.4 is 47.5 Å². The predicted molar refractivity (Wildman–Crippen MR) is 194 cm³/mol. The smallest absolute Gasteiger partial charge is 0.245 e. The van der Waals surface area contributed by atoms with E-state index in [1.165, 1.54) is 66.9 Å². The van der Waals surface area contributed by atoms with Gasteiger partial charge in [-0.05, 0) is 73.3 Å². The van der Waals surface area contributed by atoms with Crippen LogP contribution in [0.4, 0.5) is 34.1 Å². The number of hydrogen-bond donors (Lipinski definition) is 0.